The Balaban J connectivity index is 0.718. The largest absolute Gasteiger partial charge is 0.370 e. The van der Waals surface area contributed by atoms with Crippen LogP contribution in [0.3, 0.4) is 0 Å². The summed E-state index contributed by atoms with van der Waals surface area (Å²) in [7, 11) is -3.73. The Morgan fingerprint density at radius 3 is 2.36 bits per heavy atom. The van der Waals surface area contributed by atoms with Gasteiger partial charge in [0.15, 0.2) is 5.82 Å². The number of carbonyl (C=O) groups excluding carboxylic acids is 5. The van der Waals surface area contributed by atoms with Crippen LogP contribution in [-0.4, -0.2) is 125 Å². The number of nitrogen functional groups attached to an aromatic ring is 1. The van der Waals surface area contributed by atoms with Crippen LogP contribution in [0.25, 0.3) is 21.8 Å². The summed E-state index contributed by atoms with van der Waals surface area (Å²) >= 11 is 1.44. The van der Waals surface area contributed by atoms with Crippen LogP contribution >= 0.6 is 11.3 Å². The molecule has 66 heavy (non-hydrogen) atoms. The van der Waals surface area contributed by atoms with Crippen LogP contribution in [-0.2, 0) is 24.4 Å². The number of anilines is 3. The number of nitrogens with zero attached hydrogens (tertiary/aromatic N) is 7. The number of rotatable bonds is 11. The molecular formula is C46H51FN10O7S2. The maximum atomic E-state index is 16.1. The molecule has 10 rings (SSSR count). The molecule has 4 saturated heterocycles. The van der Waals surface area contributed by atoms with Gasteiger partial charge in [0.1, 0.15) is 6.04 Å². The second-order valence-electron chi connectivity index (χ2n) is 19.0. The van der Waals surface area contributed by atoms with Crippen LogP contribution in [0, 0.1) is 16.6 Å². The Labute approximate surface area is 385 Å². The fourth-order valence-electron chi connectivity index (χ4n) is 10.8. The third-order valence-electron chi connectivity index (χ3n) is 14.5. The molecule has 4 aromatic rings. The molecule has 0 radical (unpaired) electrons. The summed E-state index contributed by atoms with van der Waals surface area (Å²) in [4.78, 5) is 85.8. The summed E-state index contributed by atoms with van der Waals surface area (Å²) in [5.74, 6) is -2.56. The normalized spacial score (nSPS) is 21.8. The van der Waals surface area contributed by atoms with E-state index in [1.54, 1.807) is 43.5 Å². The average Bonchev–Trinajstić information content (AvgIpc) is 3.81. The summed E-state index contributed by atoms with van der Waals surface area (Å²) in [6.07, 6.45) is 7.63. The van der Waals surface area contributed by atoms with Gasteiger partial charge in [0.05, 0.1) is 50.4 Å². The monoisotopic (exact) mass is 938 g/mol. The molecule has 6 aliphatic rings. The number of nitrogens with two attached hydrogens (primary N) is 1. The number of aromatic nitrogens is 3. The zero-order chi connectivity index (χ0) is 46.1. The van der Waals surface area contributed by atoms with Gasteiger partial charge in [0.2, 0.25) is 33.7 Å². The van der Waals surface area contributed by atoms with E-state index in [0.29, 0.717) is 29.2 Å². The summed E-state index contributed by atoms with van der Waals surface area (Å²) < 4.78 is 43.6. The third-order valence-corrected chi connectivity index (χ3v) is 17.2. The number of likely N-dealkylation sites (tertiary alicyclic amines) is 2. The minimum Gasteiger partial charge on any atom is -0.370 e. The minimum absolute atomic E-state index is 0.0618. The molecule has 1 saturated carbocycles. The van der Waals surface area contributed by atoms with Gasteiger partial charge in [-0.05, 0) is 101 Å². The van der Waals surface area contributed by atoms with Gasteiger partial charge in [-0.3, -0.25) is 43.8 Å². The van der Waals surface area contributed by atoms with Crippen molar-refractivity contribution in [3.05, 3.63) is 70.6 Å². The summed E-state index contributed by atoms with van der Waals surface area (Å²) in [6.45, 7) is 6.85. The molecule has 7 heterocycles. The number of hydrogen-bond acceptors (Lipinski definition) is 14. The molecule has 5 amide bonds. The van der Waals surface area contributed by atoms with Crippen LogP contribution in [0.4, 0.5) is 21.7 Å². The number of piperidine rings is 2. The molecule has 0 bridgehead atoms. The van der Waals surface area contributed by atoms with E-state index >= 15 is 4.39 Å². The first-order valence-electron chi connectivity index (χ1n) is 22.6. The van der Waals surface area contributed by atoms with E-state index in [4.69, 9.17) is 10.7 Å². The van der Waals surface area contributed by atoms with E-state index in [9.17, 15) is 32.4 Å². The van der Waals surface area contributed by atoms with Crippen LogP contribution < -0.4 is 20.7 Å². The van der Waals surface area contributed by atoms with Gasteiger partial charge in [-0.25, -0.2) is 27.8 Å². The van der Waals surface area contributed by atoms with Crippen molar-refractivity contribution in [3.63, 3.8) is 0 Å². The van der Waals surface area contributed by atoms with E-state index in [2.05, 4.69) is 29.8 Å². The van der Waals surface area contributed by atoms with E-state index in [-0.39, 0.29) is 69.6 Å². The van der Waals surface area contributed by atoms with Crippen molar-refractivity contribution in [3.8, 4) is 21.8 Å². The summed E-state index contributed by atoms with van der Waals surface area (Å²) in [6, 6.07) is 10.6. The van der Waals surface area contributed by atoms with Crippen molar-refractivity contribution in [2.45, 2.75) is 76.7 Å². The maximum Gasteiger partial charge on any atom is 0.262 e. The highest BCUT2D eigenvalue weighted by Crippen LogP contribution is 2.51. The molecule has 1 atom stereocenters. The Morgan fingerprint density at radius 1 is 0.924 bits per heavy atom. The quantitative estimate of drug-likeness (QED) is 0.175. The van der Waals surface area contributed by atoms with Crippen molar-refractivity contribution in [2.24, 2.45) is 10.8 Å². The third kappa shape index (κ3) is 8.09. The number of thiazole rings is 1. The molecule has 5 aliphatic heterocycles. The predicted molar refractivity (Wildman–Crippen MR) is 244 cm³/mol. The highest BCUT2D eigenvalue weighted by molar-refractivity contribution is 7.92. The molecule has 2 aromatic carbocycles. The number of halogens is 1. The molecule has 1 aliphatic carbocycles. The van der Waals surface area contributed by atoms with Crippen molar-refractivity contribution in [1.82, 2.24) is 35.0 Å². The summed E-state index contributed by atoms with van der Waals surface area (Å²) in [5, 5.41) is 3.09. The zero-order valence-electron chi connectivity index (χ0n) is 36.6. The maximum absolute atomic E-state index is 16.1. The first-order chi connectivity index (χ1) is 31.6. The average molecular weight is 939 g/mol. The number of benzene rings is 2. The van der Waals surface area contributed by atoms with Gasteiger partial charge in [0.25, 0.3) is 11.8 Å². The fraction of sp³-hybridized carbons (Fsp3) is 0.478. The van der Waals surface area contributed by atoms with Crippen molar-refractivity contribution in [2.75, 3.05) is 66.9 Å². The van der Waals surface area contributed by atoms with E-state index in [0.717, 1.165) is 93.4 Å². The molecule has 2 aromatic heterocycles. The second-order valence-corrected chi connectivity index (χ2v) is 21.8. The Bertz CT molecular complexity index is 2770. The smallest absolute Gasteiger partial charge is 0.262 e. The summed E-state index contributed by atoms with van der Waals surface area (Å²) in [5.41, 5.74) is 8.44. The Hall–Kier alpha value is -5.86. The number of carbonyl (C=O) groups is 5. The highest BCUT2D eigenvalue weighted by atomic mass is 32.2. The van der Waals surface area contributed by atoms with Crippen LogP contribution in [0.15, 0.2) is 48.7 Å². The second kappa shape index (κ2) is 16.8. The topological polar surface area (TPSA) is 221 Å². The lowest BCUT2D eigenvalue weighted by molar-refractivity contribution is -0.147. The van der Waals surface area contributed by atoms with Crippen LogP contribution in [0.2, 0.25) is 0 Å². The van der Waals surface area contributed by atoms with Crippen molar-refractivity contribution in [1.29, 1.82) is 0 Å². The number of hydrogen-bond donors (Lipinski definition) is 3. The van der Waals surface area contributed by atoms with Crippen LogP contribution in [0.5, 0.6) is 0 Å². The number of nitrogens with one attached hydrogen (secondary N) is 2. The molecule has 2 spiro atoms. The first kappa shape index (κ1) is 44.0. The number of amides is 5. The molecule has 4 N–H and O–H groups in total. The van der Waals surface area contributed by atoms with E-state index < -0.39 is 45.5 Å². The van der Waals surface area contributed by atoms with Crippen LogP contribution in [0.1, 0.15) is 96.4 Å². The number of fused-ring (bicyclic) bond motifs is 1. The minimum atomic E-state index is -3.73. The molecule has 5 fully saturated rings. The van der Waals surface area contributed by atoms with Gasteiger partial charge in [-0.15, -0.1) is 11.3 Å². The lowest BCUT2D eigenvalue weighted by Crippen LogP contribution is -2.63. The van der Waals surface area contributed by atoms with Gasteiger partial charge >= 0.3 is 0 Å². The fourth-order valence-corrected chi connectivity index (χ4v) is 13.1. The van der Waals surface area contributed by atoms with Gasteiger partial charge < -0.3 is 15.5 Å². The van der Waals surface area contributed by atoms with Gasteiger partial charge in [-0.1, -0.05) is 13.0 Å². The van der Waals surface area contributed by atoms with Crippen molar-refractivity contribution < 1.29 is 36.8 Å². The zero-order valence-corrected chi connectivity index (χ0v) is 38.2. The standard InChI is InChI=1S/C46H51FN10O7S2/c1-2-20-66(63,64)53-32-5-3-4-30(37(32)47)38-39(33-12-17-49-44(48)50-33)65-41(52-38)27-10-13-45(14-11-27)25-56(26-45)36(59)22-54-18-15-46(16-19-54)23-55(24-46)28-6-7-29-31(21-28)43(62)57(42(29)61)34-8-9-35(58)51-40(34)60/h3-7,12,17,21,27,34,53H,2,8-11,13-16,18-20,22-26H2,1H3,(H2,48,49,50)(H,51,58,60)/t34-/m1/s1. The lowest BCUT2D eigenvalue weighted by Gasteiger charge is -2.56. The van der Waals surface area contributed by atoms with Gasteiger partial charge in [-0.2, -0.15) is 0 Å². The molecule has 346 valence electrons. The Morgan fingerprint density at radius 2 is 1.65 bits per heavy atom. The highest BCUT2D eigenvalue weighted by Gasteiger charge is 2.50. The number of imide groups is 2. The molecule has 0 unspecified atom stereocenters. The lowest BCUT2D eigenvalue weighted by atomic mass is 9.66. The SMILES string of the molecule is CCCS(=O)(=O)Nc1cccc(-c2nc(C3CCC4(CC3)CN(C(=O)CN3CCC5(CC3)CN(c3ccc6c(c3)C(=O)N([C@@H]3CCC(=O)NC3=O)C6=O)C5)C4)sc2-c2ccnc(N)n2)c1F. The Kier molecular flexibility index (Phi) is 11.2. The predicted octanol–water partition coefficient (Wildman–Crippen LogP) is 4.63. The molecule has 20 heteroatoms. The molecule has 17 nitrogen and oxygen atoms in total. The number of sulfonamides is 1. The van der Waals surface area contributed by atoms with Gasteiger partial charge in [0, 0.05) is 66.8 Å². The van der Waals surface area contributed by atoms with E-state index in [1.807, 2.05) is 11.0 Å². The van der Waals surface area contributed by atoms with Crippen molar-refractivity contribution >= 4 is 68.2 Å². The first-order valence-corrected chi connectivity index (χ1v) is 25.1. The van der Waals surface area contributed by atoms with E-state index in [1.165, 1.54) is 17.4 Å². The molecular weight excluding hydrogens is 888 g/mol.